The molecule has 2 saturated heterocycles. The number of piperidine rings is 1. The molecule has 7 nitrogen and oxygen atoms in total. The van der Waals surface area contributed by atoms with Gasteiger partial charge in [-0.2, -0.15) is 4.98 Å². The van der Waals surface area contributed by atoms with Crippen LogP contribution in [0.4, 0.5) is 0 Å². The summed E-state index contributed by atoms with van der Waals surface area (Å²) >= 11 is 1.61. The van der Waals surface area contributed by atoms with Crippen LogP contribution in [0.25, 0.3) is 10.7 Å². The molecular weight excluding hydrogens is 398 g/mol. The highest BCUT2D eigenvalue weighted by Gasteiger charge is 2.32. The summed E-state index contributed by atoms with van der Waals surface area (Å²) in [7, 11) is 0. The monoisotopic (exact) mass is 425 g/mol. The van der Waals surface area contributed by atoms with Crippen molar-refractivity contribution >= 4 is 29.7 Å². The fraction of sp³-hybridized carbons (Fsp3) is 0.632. The topological polar surface area (TPSA) is 74.5 Å². The number of nitrogens with one attached hydrogen (secondary N) is 1. The maximum absolute atomic E-state index is 12.8. The molecule has 1 unspecified atom stereocenters. The second-order valence-corrected chi connectivity index (χ2v) is 8.49. The van der Waals surface area contributed by atoms with Crippen molar-refractivity contribution in [3.63, 3.8) is 0 Å². The molecule has 9 heteroatoms. The van der Waals surface area contributed by atoms with Crippen molar-refractivity contribution in [2.75, 3.05) is 32.7 Å². The lowest BCUT2D eigenvalue weighted by atomic mass is 9.92. The Labute approximate surface area is 175 Å². The van der Waals surface area contributed by atoms with Gasteiger partial charge in [0.15, 0.2) is 0 Å². The largest absolute Gasteiger partial charge is 0.340 e. The molecule has 0 bridgehead atoms. The maximum atomic E-state index is 12.8. The normalized spacial score (nSPS) is 24.6. The first-order chi connectivity index (χ1) is 13.1. The predicted molar refractivity (Wildman–Crippen MR) is 112 cm³/mol. The van der Waals surface area contributed by atoms with Crippen molar-refractivity contribution in [3.05, 3.63) is 23.4 Å². The van der Waals surface area contributed by atoms with E-state index >= 15 is 0 Å². The quantitative estimate of drug-likeness (QED) is 0.811. The highest BCUT2D eigenvalue weighted by molar-refractivity contribution is 7.13. The Hall–Kier alpha value is -1.48. The Morgan fingerprint density at radius 3 is 2.82 bits per heavy atom. The molecule has 0 spiro atoms. The van der Waals surface area contributed by atoms with Crippen LogP contribution in [0.5, 0.6) is 0 Å². The molecule has 0 aromatic carbocycles. The molecule has 2 aromatic heterocycles. The van der Waals surface area contributed by atoms with E-state index in [4.69, 9.17) is 4.52 Å². The van der Waals surface area contributed by atoms with Gasteiger partial charge in [-0.1, -0.05) is 11.2 Å². The minimum absolute atomic E-state index is 0. The summed E-state index contributed by atoms with van der Waals surface area (Å²) < 4.78 is 5.50. The molecule has 2 fully saturated rings. The van der Waals surface area contributed by atoms with Crippen molar-refractivity contribution in [1.82, 2.24) is 25.3 Å². The van der Waals surface area contributed by atoms with E-state index in [2.05, 4.69) is 34.2 Å². The number of hydrogen-bond donors (Lipinski definition) is 1. The zero-order valence-corrected chi connectivity index (χ0v) is 18.0. The molecule has 3 atom stereocenters. The van der Waals surface area contributed by atoms with Gasteiger partial charge in [-0.25, -0.2) is 0 Å². The Morgan fingerprint density at radius 1 is 1.36 bits per heavy atom. The summed E-state index contributed by atoms with van der Waals surface area (Å²) in [5, 5.41) is 9.54. The molecular formula is C19H28ClN5O2S. The molecule has 154 valence electrons. The van der Waals surface area contributed by atoms with Crippen LogP contribution in [0, 0.1) is 5.92 Å². The van der Waals surface area contributed by atoms with Crippen LogP contribution in [0.15, 0.2) is 22.0 Å². The molecule has 1 N–H and O–H groups in total. The average molecular weight is 426 g/mol. The molecule has 2 aliphatic rings. The van der Waals surface area contributed by atoms with Gasteiger partial charge in [-0.15, -0.1) is 23.7 Å². The Balaban J connectivity index is 0.00000225. The van der Waals surface area contributed by atoms with E-state index in [0.29, 0.717) is 23.7 Å². The second-order valence-electron chi connectivity index (χ2n) is 7.55. The van der Waals surface area contributed by atoms with Gasteiger partial charge in [0.05, 0.1) is 10.9 Å². The standard InChI is InChI=1S/C19H27N5O2S.ClH/c1-13-12-15(5-6-20-13)19(25)24-9-7-23(8-10-24)14(2)18-21-17(22-26-18)16-4-3-11-27-16;/h3-4,11,13-15,20H,5-10,12H2,1-2H3;1H/t13-,14?,15-;/m0./s1. The molecule has 2 aliphatic heterocycles. The van der Waals surface area contributed by atoms with Gasteiger partial charge >= 0.3 is 0 Å². The highest BCUT2D eigenvalue weighted by atomic mass is 35.5. The van der Waals surface area contributed by atoms with Gasteiger partial charge < -0.3 is 14.7 Å². The molecule has 4 heterocycles. The minimum Gasteiger partial charge on any atom is -0.340 e. The minimum atomic E-state index is 0. The number of thiophene rings is 1. The number of aromatic nitrogens is 2. The zero-order valence-electron chi connectivity index (χ0n) is 16.3. The third-order valence-corrected chi connectivity index (χ3v) is 6.55. The van der Waals surface area contributed by atoms with E-state index < -0.39 is 0 Å². The van der Waals surface area contributed by atoms with Crippen LogP contribution in [0.2, 0.25) is 0 Å². The SMILES string of the molecule is CC(c1nc(-c2cccs2)no1)N1CCN(C(=O)[C@H]2CCN[C@@H](C)C2)CC1.Cl. The van der Waals surface area contributed by atoms with Gasteiger partial charge in [-0.3, -0.25) is 9.69 Å². The fourth-order valence-corrected chi connectivity index (χ4v) is 4.66. The van der Waals surface area contributed by atoms with Crippen molar-refractivity contribution in [2.24, 2.45) is 5.92 Å². The van der Waals surface area contributed by atoms with Crippen LogP contribution in [0.3, 0.4) is 0 Å². The summed E-state index contributed by atoms with van der Waals surface area (Å²) in [4.78, 5) is 22.8. The predicted octanol–water partition coefficient (Wildman–Crippen LogP) is 2.81. The molecule has 2 aromatic rings. The van der Waals surface area contributed by atoms with Gasteiger partial charge in [-0.05, 0) is 44.7 Å². The number of carbonyl (C=O) groups is 1. The molecule has 1 amide bonds. The summed E-state index contributed by atoms with van der Waals surface area (Å²) in [5.41, 5.74) is 0. The zero-order chi connectivity index (χ0) is 18.8. The Bertz CT molecular complexity index is 760. The van der Waals surface area contributed by atoms with Crippen LogP contribution < -0.4 is 5.32 Å². The Morgan fingerprint density at radius 2 is 2.14 bits per heavy atom. The number of amides is 1. The van der Waals surface area contributed by atoms with Gasteiger partial charge in [0.25, 0.3) is 0 Å². The van der Waals surface area contributed by atoms with Gasteiger partial charge in [0.1, 0.15) is 0 Å². The van der Waals surface area contributed by atoms with Crippen LogP contribution >= 0.6 is 23.7 Å². The highest BCUT2D eigenvalue weighted by Crippen LogP contribution is 2.26. The van der Waals surface area contributed by atoms with Crippen molar-refractivity contribution in [1.29, 1.82) is 0 Å². The Kier molecular flexibility index (Phi) is 7.09. The lowest BCUT2D eigenvalue weighted by molar-refractivity contribution is -0.138. The first kappa shape index (κ1) is 21.2. The van der Waals surface area contributed by atoms with Crippen LogP contribution in [-0.2, 0) is 4.79 Å². The summed E-state index contributed by atoms with van der Waals surface area (Å²) in [5.74, 6) is 1.80. The van der Waals surface area contributed by atoms with E-state index in [1.165, 1.54) is 0 Å². The summed E-state index contributed by atoms with van der Waals surface area (Å²) in [6, 6.07) is 4.47. The lowest BCUT2D eigenvalue weighted by Gasteiger charge is -2.39. The van der Waals surface area contributed by atoms with Crippen LogP contribution in [0.1, 0.15) is 38.6 Å². The first-order valence-corrected chi connectivity index (χ1v) is 10.6. The number of hydrogen-bond acceptors (Lipinski definition) is 7. The van der Waals surface area contributed by atoms with Crippen molar-refractivity contribution < 1.29 is 9.32 Å². The summed E-state index contributed by atoms with van der Waals surface area (Å²) in [6.07, 6.45) is 1.90. The van der Waals surface area contributed by atoms with E-state index in [1.54, 1.807) is 11.3 Å². The van der Waals surface area contributed by atoms with Gasteiger partial charge in [0, 0.05) is 38.1 Å². The smallest absolute Gasteiger partial charge is 0.244 e. The number of piperazine rings is 1. The number of halogens is 1. The van der Waals surface area contributed by atoms with E-state index in [9.17, 15) is 4.79 Å². The van der Waals surface area contributed by atoms with Gasteiger partial charge in [0.2, 0.25) is 17.6 Å². The third-order valence-electron chi connectivity index (χ3n) is 5.69. The van der Waals surface area contributed by atoms with E-state index in [-0.39, 0.29) is 24.4 Å². The fourth-order valence-electron chi connectivity index (χ4n) is 4.01. The molecule has 0 saturated carbocycles. The van der Waals surface area contributed by atoms with Crippen molar-refractivity contribution in [2.45, 2.75) is 38.8 Å². The molecule has 0 aliphatic carbocycles. The third kappa shape index (κ3) is 4.56. The second kappa shape index (κ2) is 9.35. The number of carbonyl (C=O) groups excluding carboxylic acids is 1. The lowest BCUT2D eigenvalue weighted by Crippen LogP contribution is -2.52. The van der Waals surface area contributed by atoms with E-state index in [0.717, 1.165) is 50.4 Å². The maximum Gasteiger partial charge on any atom is 0.244 e. The molecule has 28 heavy (non-hydrogen) atoms. The molecule has 0 radical (unpaired) electrons. The van der Waals surface area contributed by atoms with Crippen molar-refractivity contribution in [3.8, 4) is 10.7 Å². The summed E-state index contributed by atoms with van der Waals surface area (Å²) in [6.45, 7) is 8.42. The first-order valence-electron chi connectivity index (χ1n) is 9.75. The average Bonchev–Trinajstić information content (AvgIpc) is 3.38. The van der Waals surface area contributed by atoms with E-state index in [1.807, 2.05) is 22.4 Å². The number of nitrogens with zero attached hydrogens (tertiary/aromatic N) is 4. The van der Waals surface area contributed by atoms with Crippen LogP contribution in [-0.4, -0.2) is 64.6 Å². The number of rotatable bonds is 4. The molecule has 4 rings (SSSR count).